The molecule has 9 nitrogen and oxygen atoms in total. The van der Waals surface area contributed by atoms with Gasteiger partial charge in [-0.1, -0.05) is 29.6 Å². The highest BCUT2D eigenvalue weighted by molar-refractivity contribution is 7.99. The van der Waals surface area contributed by atoms with Crippen LogP contribution < -0.4 is 10.0 Å². The van der Waals surface area contributed by atoms with Gasteiger partial charge in [0.05, 0.1) is 44.3 Å². The molecule has 0 saturated carbocycles. The molecule has 0 aliphatic rings. The van der Waals surface area contributed by atoms with Gasteiger partial charge in [-0.3, -0.25) is 9.48 Å². The number of nitrogens with zero attached hydrogens (tertiary/aromatic N) is 4. The van der Waals surface area contributed by atoms with Gasteiger partial charge in [-0.15, -0.1) is 11.3 Å². The number of thiazole rings is 1. The fourth-order valence-corrected chi connectivity index (χ4v) is 7.20. The van der Waals surface area contributed by atoms with Gasteiger partial charge in [0.15, 0.2) is 11.5 Å². The molecule has 0 spiro atoms. The second kappa shape index (κ2) is 12.5. The lowest BCUT2D eigenvalue weighted by Crippen LogP contribution is -2.32. The van der Waals surface area contributed by atoms with Crippen LogP contribution in [0.15, 0.2) is 66.3 Å². The number of phenolic OH excluding ortho intramolecular Hbond substituents is 1. The number of halogens is 3. The number of nitrogens with one attached hydrogen (secondary N) is 3. The largest absolute Gasteiger partial charge is 0.508 e. The van der Waals surface area contributed by atoms with Crippen molar-refractivity contribution in [2.45, 2.75) is 18.9 Å². The number of fused-ring (bicyclic) bond motifs is 3. The fraction of sp³-hybridized carbons (Fsp3) is 0.152. The number of amides is 1. The molecule has 0 radical (unpaired) electrons. The average molecular weight is 690 g/mol. The predicted molar refractivity (Wildman–Crippen MR) is 184 cm³/mol. The van der Waals surface area contributed by atoms with Gasteiger partial charge >= 0.3 is 0 Å². The molecule has 0 aliphatic carbocycles. The van der Waals surface area contributed by atoms with Crippen LogP contribution >= 0.6 is 34.9 Å². The summed E-state index contributed by atoms with van der Waals surface area (Å²) in [7, 11) is 1.82. The molecule has 7 aromatic rings. The first-order chi connectivity index (χ1) is 22.7. The second-order valence-electron chi connectivity index (χ2n) is 11.0. The second-order valence-corrected chi connectivity index (χ2v) is 12.9. The lowest BCUT2D eigenvalue weighted by Gasteiger charge is -2.22. The first-order valence-electron chi connectivity index (χ1n) is 14.4. The molecule has 1 amide bonds. The number of carbonyl (C=O) groups excluding carboxylic acids is 1. The molecule has 0 saturated heterocycles. The summed E-state index contributed by atoms with van der Waals surface area (Å²) in [5, 5.41) is 19.7. The minimum Gasteiger partial charge on any atom is -0.508 e. The van der Waals surface area contributed by atoms with Crippen LogP contribution in [0.1, 0.15) is 22.9 Å². The van der Waals surface area contributed by atoms with Gasteiger partial charge in [0.2, 0.25) is 5.91 Å². The van der Waals surface area contributed by atoms with Crippen molar-refractivity contribution >= 4 is 78.8 Å². The molecule has 0 bridgehead atoms. The Kier molecular flexibility index (Phi) is 8.20. The highest BCUT2D eigenvalue weighted by Crippen LogP contribution is 2.41. The summed E-state index contributed by atoms with van der Waals surface area (Å²) in [6.45, 7) is 0. The van der Waals surface area contributed by atoms with Crippen molar-refractivity contribution in [1.29, 1.82) is 0 Å². The van der Waals surface area contributed by atoms with Crippen LogP contribution in [0.4, 0.5) is 14.6 Å². The smallest absolute Gasteiger partial charge is 0.225 e. The van der Waals surface area contributed by atoms with E-state index in [0.717, 1.165) is 27.4 Å². The maximum absolute atomic E-state index is 14.4. The van der Waals surface area contributed by atoms with E-state index in [-0.39, 0.29) is 24.5 Å². The summed E-state index contributed by atoms with van der Waals surface area (Å²) in [4.78, 5) is 26.3. The van der Waals surface area contributed by atoms with E-state index in [1.165, 1.54) is 35.4 Å². The number of hydrogen-bond acceptors (Lipinski definition) is 8. The first-order valence-corrected chi connectivity index (χ1v) is 16.9. The number of H-pyrrole nitrogens is 1. The molecule has 7 rings (SSSR count). The molecule has 1 unspecified atom stereocenters. The Morgan fingerprint density at radius 3 is 2.72 bits per heavy atom. The summed E-state index contributed by atoms with van der Waals surface area (Å²) >= 11 is 9.51. The molecular formula is C33H26ClF2N7O2S2. The van der Waals surface area contributed by atoms with Crippen molar-refractivity contribution in [3.8, 4) is 16.9 Å². The first kappa shape index (κ1) is 30.9. The number of anilines is 1. The van der Waals surface area contributed by atoms with Crippen molar-refractivity contribution in [1.82, 2.24) is 30.0 Å². The lowest BCUT2D eigenvalue weighted by molar-refractivity contribution is -0.121. The van der Waals surface area contributed by atoms with Crippen molar-refractivity contribution < 1.29 is 18.7 Å². The molecule has 3 aromatic carbocycles. The summed E-state index contributed by atoms with van der Waals surface area (Å²) in [5.41, 5.74) is 6.58. The third kappa shape index (κ3) is 5.97. The van der Waals surface area contributed by atoms with Gasteiger partial charge in [-0.25, -0.2) is 18.7 Å². The minimum atomic E-state index is -0.828. The fourth-order valence-electron chi connectivity index (χ4n) is 5.97. The molecule has 238 valence electrons. The Labute approximate surface area is 280 Å². The number of aromatic hydroxyl groups is 1. The van der Waals surface area contributed by atoms with E-state index in [2.05, 4.69) is 25.1 Å². The standard InChI is InChI=1S/C33H26ClF2N7O2S2/c1-43-31-21(4-5-24(34)29(31)33(41-43)42-46-2)23-13-27-32(38-15-47-27)40-30(23)26(9-16-7-18(35)11-19(36)8-16)39-28(45)10-17-14-37-25-6-3-20(44)12-22(17)25/h3-8,11-15,26,37,44H,9-10H2,1-2H3,(H,39,45)(H,41,42). The van der Waals surface area contributed by atoms with Crippen LogP contribution in [-0.4, -0.2) is 42.0 Å². The number of aromatic nitrogens is 5. The van der Waals surface area contributed by atoms with Crippen molar-refractivity contribution in [3.05, 3.63) is 99.8 Å². The lowest BCUT2D eigenvalue weighted by atomic mass is 9.94. The minimum absolute atomic E-state index is 0.0254. The quantitative estimate of drug-likeness (QED) is 0.115. The summed E-state index contributed by atoms with van der Waals surface area (Å²) < 4.78 is 34.5. The molecule has 4 aromatic heterocycles. The Balaban J connectivity index is 1.38. The van der Waals surface area contributed by atoms with Crippen LogP contribution in [0.3, 0.4) is 0 Å². The van der Waals surface area contributed by atoms with E-state index in [9.17, 15) is 18.7 Å². The number of pyridine rings is 1. The van der Waals surface area contributed by atoms with E-state index in [1.807, 2.05) is 25.4 Å². The van der Waals surface area contributed by atoms with Gasteiger partial charge in [0, 0.05) is 47.6 Å². The maximum atomic E-state index is 14.4. The Morgan fingerprint density at radius 1 is 1.13 bits per heavy atom. The van der Waals surface area contributed by atoms with Gasteiger partial charge in [0.1, 0.15) is 17.4 Å². The molecule has 0 aliphatic heterocycles. The van der Waals surface area contributed by atoms with Gasteiger partial charge in [-0.05, 0) is 60.0 Å². The highest BCUT2D eigenvalue weighted by atomic mass is 35.5. The van der Waals surface area contributed by atoms with E-state index >= 15 is 0 Å². The Bertz CT molecular complexity index is 2300. The molecule has 1 atom stereocenters. The SMILES string of the molecule is CSNc1nn(C)c2c(-c3cc4scnc4nc3C(Cc3cc(F)cc(F)c3)NC(=O)Cc3c[nH]c4ccc(O)cc34)ccc(Cl)c12. The number of carbonyl (C=O) groups is 1. The Morgan fingerprint density at radius 2 is 1.94 bits per heavy atom. The zero-order chi connectivity index (χ0) is 32.8. The van der Waals surface area contributed by atoms with Crippen molar-refractivity contribution in [2.75, 3.05) is 11.0 Å². The topological polar surface area (TPSA) is 121 Å². The monoisotopic (exact) mass is 689 g/mol. The zero-order valence-electron chi connectivity index (χ0n) is 24.9. The maximum Gasteiger partial charge on any atom is 0.225 e. The summed E-state index contributed by atoms with van der Waals surface area (Å²) in [5.74, 6) is -1.13. The zero-order valence-corrected chi connectivity index (χ0v) is 27.3. The molecule has 47 heavy (non-hydrogen) atoms. The number of aromatic amines is 1. The van der Waals surface area contributed by atoms with Crippen molar-refractivity contribution in [2.24, 2.45) is 7.05 Å². The van der Waals surface area contributed by atoms with Crippen LogP contribution in [0.25, 0.3) is 43.3 Å². The molecule has 4 heterocycles. The van der Waals surface area contributed by atoms with E-state index < -0.39 is 17.7 Å². The third-order valence-electron chi connectivity index (χ3n) is 7.91. The molecule has 4 N–H and O–H groups in total. The van der Waals surface area contributed by atoms with E-state index in [0.29, 0.717) is 49.6 Å². The van der Waals surface area contributed by atoms with Gasteiger partial charge in [0.25, 0.3) is 0 Å². The van der Waals surface area contributed by atoms with Crippen molar-refractivity contribution in [3.63, 3.8) is 0 Å². The van der Waals surface area contributed by atoms with Crippen LogP contribution in [0.5, 0.6) is 5.75 Å². The third-order valence-corrected chi connectivity index (χ3v) is 9.39. The molecular weight excluding hydrogens is 664 g/mol. The molecule has 0 fully saturated rings. The van der Waals surface area contributed by atoms with E-state index in [4.69, 9.17) is 16.6 Å². The number of phenols is 1. The number of benzene rings is 3. The summed E-state index contributed by atoms with van der Waals surface area (Å²) in [6, 6.07) is 13.0. The van der Waals surface area contributed by atoms with Gasteiger partial charge < -0.3 is 20.1 Å². The average Bonchev–Trinajstić information content (AvgIpc) is 3.74. The number of rotatable bonds is 9. The number of aryl methyl sites for hydroxylation is 1. The summed E-state index contributed by atoms with van der Waals surface area (Å²) in [6.07, 6.45) is 3.62. The molecule has 14 heteroatoms. The predicted octanol–water partition coefficient (Wildman–Crippen LogP) is 7.70. The Hall–Kier alpha value is -4.72. The van der Waals surface area contributed by atoms with Crippen LogP contribution in [0, 0.1) is 11.6 Å². The highest BCUT2D eigenvalue weighted by Gasteiger charge is 2.26. The normalized spacial score (nSPS) is 12.3. The van der Waals surface area contributed by atoms with Gasteiger partial charge in [-0.2, -0.15) is 5.10 Å². The number of hydrogen-bond donors (Lipinski definition) is 4. The van der Waals surface area contributed by atoms with Crippen LogP contribution in [0.2, 0.25) is 5.02 Å². The van der Waals surface area contributed by atoms with Crippen LogP contribution in [-0.2, 0) is 24.7 Å². The van der Waals surface area contributed by atoms with E-state index in [1.54, 1.807) is 40.7 Å².